The van der Waals surface area contributed by atoms with Gasteiger partial charge in [-0.1, -0.05) is 48.5 Å². The first-order chi connectivity index (χ1) is 17.6. The number of ether oxygens (including phenoxy) is 1. The lowest BCUT2D eigenvalue weighted by Gasteiger charge is -2.47. The molecular weight excluding hydrogens is 453 g/mol. The highest BCUT2D eigenvalue weighted by Gasteiger charge is 2.35. The van der Waals surface area contributed by atoms with Gasteiger partial charge in [-0.3, -0.25) is 14.6 Å². The van der Waals surface area contributed by atoms with Gasteiger partial charge < -0.3 is 9.64 Å². The van der Waals surface area contributed by atoms with Gasteiger partial charge in [0.25, 0.3) is 0 Å². The highest BCUT2D eigenvalue weighted by molar-refractivity contribution is 5.83. The van der Waals surface area contributed by atoms with Crippen molar-refractivity contribution in [2.24, 2.45) is 5.92 Å². The Labute approximate surface area is 213 Å². The predicted molar refractivity (Wildman–Crippen MR) is 143 cm³/mol. The molecule has 0 unspecified atom stereocenters. The number of benzene rings is 3. The number of methoxy groups -OCH3 is 1. The van der Waals surface area contributed by atoms with E-state index >= 15 is 0 Å². The molecule has 36 heavy (non-hydrogen) atoms. The van der Waals surface area contributed by atoms with Gasteiger partial charge in [0.2, 0.25) is 0 Å². The molecule has 0 spiro atoms. The van der Waals surface area contributed by atoms with Crippen molar-refractivity contribution in [3.63, 3.8) is 0 Å². The fraction of sp³-hybridized carbons (Fsp3) is 0.433. The van der Waals surface area contributed by atoms with E-state index in [1.54, 1.807) is 6.07 Å². The van der Waals surface area contributed by atoms with Crippen molar-refractivity contribution in [1.82, 2.24) is 9.80 Å². The largest absolute Gasteiger partial charge is 0.469 e. The number of fused-ring (bicyclic) bond motifs is 1. The lowest BCUT2D eigenvalue weighted by atomic mass is 9.86. The topological polar surface area (TPSA) is 36.0 Å². The van der Waals surface area contributed by atoms with E-state index in [-0.39, 0.29) is 11.8 Å². The van der Waals surface area contributed by atoms with Gasteiger partial charge in [-0.15, -0.1) is 0 Å². The number of esters is 1. The van der Waals surface area contributed by atoms with Crippen molar-refractivity contribution in [2.45, 2.75) is 31.8 Å². The molecule has 0 N–H and O–H groups in total. The van der Waals surface area contributed by atoms with Gasteiger partial charge in [0.05, 0.1) is 12.8 Å². The van der Waals surface area contributed by atoms with Crippen LogP contribution in [0.15, 0.2) is 66.7 Å². The minimum absolute atomic E-state index is 0.134. The molecule has 2 atom stereocenters. The first-order valence-corrected chi connectivity index (χ1v) is 13.1. The van der Waals surface area contributed by atoms with Crippen molar-refractivity contribution in [2.75, 3.05) is 51.3 Å². The van der Waals surface area contributed by atoms with Gasteiger partial charge in [0.1, 0.15) is 5.82 Å². The molecule has 5 nitrogen and oxygen atoms in total. The molecule has 190 valence electrons. The number of nitrogens with zero attached hydrogens (tertiary/aromatic N) is 3. The molecule has 0 aliphatic carbocycles. The summed E-state index contributed by atoms with van der Waals surface area (Å²) in [5.41, 5.74) is 2.03. The summed E-state index contributed by atoms with van der Waals surface area (Å²) in [6.45, 7) is 6.41. The number of piperazine rings is 1. The normalized spacial score (nSPS) is 21.6. The SMILES string of the molecule is COC(=O)CC[C@@H]1CN(Cc2ccc3ccccc3c2)CC[C@@H]1N1CCN(c2ccccc2F)CC1. The van der Waals surface area contributed by atoms with E-state index in [0.29, 0.717) is 24.1 Å². The molecule has 2 heterocycles. The number of halogens is 1. The van der Waals surface area contributed by atoms with E-state index in [4.69, 9.17) is 4.74 Å². The van der Waals surface area contributed by atoms with Crippen molar-refractivity contribution in [3.05, 3.63) is 78.1 Å². The summed E-state index contributed by atoms with van der Waals surface area (Å²) in [4.78, 5) is 19.2. The van der Waals surface area contributed by atoms with Crippen LogP contribution in [0.4, 0.5) is 10.1 Å². The number of carbonyl (C=O) groups is 1. The van der Waals surface area contributed by atoms with E-state index < -0.39 is 0 Å². The summed E-state index contributed by atoms with van der Waals surface area (Å²) in [6, 6.07) is 22.7. The predicted octanol–water partition coefficient (Wildman–Crippen LogP) is 4.94. The van der Waals surface area contributed by atoms with Crippen molar-refractivity contribution < 1.29 is 13.9 Å². The van der Waals surface area contributed by atoms with Crippen LogP contribution >= 0.6 is 0 Å². The Kier molecular flexibility index (Phi) is 7.83. The summed E-state index contributed by atoms with van der Waals surface area (Å²) in [5, 5.41) is 2.55. The molecule has 0 amide bonds. The Morgan fingerprint density at radius 1 is 0.944 bits per heavy atom. The Morgan fingerprint density at radius 2 is 1.69 bits per heavy atom. The number of hydrogen-bond acceptors (Lipinski definition) is 5. The highest BCUT2D eigenvalue weighted by Crippen LogP contribution is 2.30. The molecule has 2 saturated heterocycles. The Morgan fingerprint density at radius 3 is 2.47 bits per heavy atom. The molecule has 2 aliphatic heterocycles. The third-order valence-corrected chi connectivity index (χ3v) is 7.92. The maximum Gasteiger partial charge on any atom is 0.305 e. The smallest absolute Gasteiger partial charge is 0.305 e. The zero-order valence-corrected chi connectivity index (χ0v) is 21.1. The molecule has 0 radical (unpaired) electrons. The maximum atomic E-state index is 14.3. The fourth-order valence-electron chi connectivity index (χ4n) is 6.01. The number of hydrogen-bond donors (Lipinski definition) is 0. The quantitative estimate of drug-likeness (QED) is 0.439. The molecule has 0 aromatic heterocycles. The summed E-state index contributed by atoms with van der Waals surface area (Å²) in [6.07, 6.45) is 2.37. The number of anilines is 1. The van der Waals surface area contributed by atoms with Crippen molar-refractivity contribution in [1.29, 1.82) is 0 Å². The van der Waals surface area contributed by atoms with Crippen molar-refractivity contribution >= 4 is 22.4 Å². The molecule has 3 aromatic carbocycles. The second-order valence-electron chi connectivity index (χ2n) is 10.1. The number of likely N-dealkylation sites (tertiary alicyclic amines) is 1. The third-order valence-electron chi connectivity index (χ3n) is 7.92. The monoisotopic (exact) mass is 489 g/mol. The van der Waals surface area contributed by atoms with Gasteiger partial charge in [-0.05, 0) is 59.8 Å². The average Bonchev–Trinajstić information content (AvgIpc) is 2.92. The van der Waals surface area contributed by atoms with Crippen LogP contribution in [0.25, 0.3) is 10.8 Å². The van der Waals surface area contributed by atoms with Crippen LogP contribution in [0.5, 0.6) is 0 Å². The highest BCUT2D eigenvalue weighted by atomic mass is 19.1. The van der Waals surface area contributed by atoms with Gasteiger partial charge in [0.15, 0.2) is 0 Å². The number of rotatable bonds is 7. The number of para-hydroxylation sites is 1. The zero-order chi connectivity index (χ0) is 24.9. The first kappa shape index (κ1) is 24.7. The van der Waals surface area contributed by atoms with Gasteiger partial charge in [-0.2, -0.15) is 0 Å². The Balaban J connectivity index is 1.24. The van der Waals surface area contributed by atoms with E-state index in [2.05, 4.69) is 57.2 Å². The summed E-state index contributed by atoms with van der Waals surface area (Å²) in [7, 11) is 1.47. The molecule has 0 saturated carbocycles. The Hall–Kier alpha value is -2.96. The zero-order valence-electron chi connectivity index (χ0n) is 21.1. The second-order valence-corrected chi connectivity index (χ2v) is 10.1. The summed E-state index contributed by atoms with van der Waals surface area (Å²) >= 11 is 0. The second kappa shape index (κ2) is 11.4. The van der Waals surface area contributed by atoms with Gasteiger partial charge in [0, 0.05) is 51.7 Å². The van der Waals surface area contributed by atoms with Crippen molar-refractivity contribution in [3.8, 4) is 0 Å². The van der Waals surface area contributed by atoms with Crippen LogP contribution in [0, 0.1) is 11.7 Å². The lowest BCUT2D eigenvalue weighted by Crippen LogP contribution is -2.56. The molecule has 5 rings (SSSR count). The molecule has 6 heteroatoms. The summed E-state index contributed by atoms with van der Waals surface area (Å²) < 4.78 is 19.3. The van der Waals surface area contributed by atoms with Gasteiger partial charge in [-0.25, -0.2) is 4.39 Å². The van der Waals surface area contributed by atoms with Crippen LogP contribution < -0.4 is 4.90 Å². The standard InChI is InChI=1S/C30H36FN3O2/c1-36-30(35)13-12-26-22-32(21-23-10-11-24-6-2-3-7-25(24)20-23)15-14-28(26)33-16-18-34(19-17-33)29-9-5-4-8-27(29)31/h2-11,20,26,28H,12-19,21-22H2,1H3/t26-,28+/m1/s1. The molecule has 0 bridgehead atoms. The minimum atomic E-state index is -0.149. The molecule has 3 aromatic rings. The van der Waals surface area contributed by atoms with E-state index in [0.717, 1.165) is 58.7 Å². The number of carbonyl (C=O) groups excluding carboxylic acids is 1. The van der Waals surface area contributed by atoms with Gasteiger partial charge >= 0.3 is 5.97 Å². The van der Waals surface area contributed by atoms with E-state index in [1.165, 1.54) is 29.5 Å². The first-order valence-electron chi connectivity index (χ1n) is 13.1. The van der Waals surface area contributed by atoms with E-state index in [9.17, 15) is 9.18 Å². The van der Waals surface area contributed by atoms with Crippen LogP contribution in [-0.4, -0.2) is 68.2 Å². The Bertz CT molecular complexity index is 1180. The number of piperidine rings is 1. The van der Waals surface area contributed by atoms with Crippen LogP contribution in [0.1, 0.15) is 24.8 Å². The van der Waals surface area contributed by atoms with Crippen LogP contribution in [-0.2, 0) is 16.1 Å². The molecule has 2 fully saturated rings. The summed E-state index contributed by atoms with van der Waals surface area (Å²) in [5.74, 6) is 0.118. The fourth-order valence-corrected chi connectivity index (χ4v) is 6.01. The van der Waals surface area contributed by atoms with Crippen LogP contribution in [0.3, 0.4) is 0 Å². The maximum absolute atomic E-state index is 14.3. The molecular formula is C30H36FN3O2. The minimum Gasteiger partial charge on any atom is -0.469 e. The average molecular weight is 490 g/mol. The lowest BCUT2D eigenvalue weighted by molar-refractivity contribution is -0.141. The molecule has 2 aliphatic rings. The van der Waals surface area contributed by atoms with Crippen LogP contribution in [0.2, 0.25) is 0 Å². The van der Waals surface area contributed by atoms with E-state index in [1.807, 2.05) is 12.1 Å². The third kappa shape index (κ3) is 5.71.